The topological polar surface area (TPSA) is 86.5 Å². The van der Waals surface area contributed by atoms with Crippen LogP contribution in [-0.4, -0.2) is 38.8 Å². The summed E-state index contributed by atoms with van der Waals surface area (Å²) < 4.78 is 58.6. The summed E-state index contributed by atoms with van der Waals surface area (Å²) in [6, 6.07) is 15.7. The first-order valence-electron chi connectivity index (χ1n) is 13.8. The molecule has 3 heterocycles. The standard InChI is InChI=1S/C33H27ClF3N3O4/c1-33(2)17-43-16-29(33)40-28-12-18(32(41)42)7-9-27(28)38-30(40)14-22-24(36)10-20(11-25(22)37)26-4-3-5-31(39-26)44-15-19-6-8-21(34)13-23(19)35/h3-13,29H,14-17H2,1-2H3,(H,41,42)/t29-/m1/s1. The molecule has 0 radical (unpaired) electrons. The maximum Gasteiger partial charge on any atom is 0.335 e. The Kier molecular flexibility index (Phi) is 7.81. The number of fused-ring (bicyclic) bond motifs is 1. The fourth-order valence-corrected chi connectivity index (χ4v) is 5.61. The highest BCUT2D eigenvalue weighted by molar-refractivity contribution is 6.30. The summed E-state index contributed by atoms with van der Waals surface area (Å²) in [4.78, 5) is 20.7. The number of halogens is 4. The quantitative estimate of drug-likeness (QED) is 0.192. The lowest BCUT2D eigenvalue weighted by atomic mass is 9.87. The summed E-state index contributed by atoms with van der Waals surface area (Å²) in [7, 11) is 0. The largest absolute Gasteiger partial charge is 0.478 e. The zero-order valence-corrected chi connectivity index (χ0v) is 24.5. The molecular formula is C33H27ClF3N3O4. The van der Waals surface area contributed by atoms with Gasteiger partial charge in [-0.05, 0) is 48.5 Å². The third kappa shape index (κ3) is 5.75. The zero-order chi connectivity index (χ0) is 31.2. The van der Waals surface area contributed by atoms with Crippen molar-refractivity contribution < 1.29 is 32.5 Å². The van der Waals surface area contributed by atoms with Crippen molar-refractivity contribution in [2.75, 3.05) is 13.2 Å². The molecule has 226 valence electrons. The first-order valence-corrected chi connectivity index (χ1v) is 14.2. The Labute approximate surface area is 255 Å². The van der Waals surface area contributed by atoms with E-state index in [4.69, 9.17) is 21.1 Å². The molecule has 11 heteroatoms. The van der Waals surface area contributed by atoms with Crippen molar-refractivity contribution >= 4 is 28.6 Å². The summed E-state index contributed by atoms with van der Waals surface area (Å²) in [5.41, 5.74) is 1.37. The van der Waals surface area contributed by atoms with Crippen LogP contribution in [0.1, 0.15) is 47.2 Å². The van der Waals surface area contributed by atoms with E-state index in [0.29, 0.717) is 30.1 Å². The fourth-order valence-electron chi connectivity index (χ4n) is 5.45. The van der Waals surface area contributed by atoms with Gasteiger partial charge >= 0.3 is 5.97 Å². The van der Waals surface area contributed by atoms with Crippen molar-refractivity contribution in [3.8, 4) is 17.1 Å². The van der Waals surface area contributed by atoms with E-state index in [1.165, 1.54) is 36.4 Å². The monoisotopic (exact) mass is 621 g/mol. The lowest BCUT2D eigenvalue weighted by Crippen LogP contribution is -2.27. The normalized spacial score (nSPS) is 16.0. The van der Waals surface area contributed by atoms with E-state index in [-0.39, 0.29) is 63.3 Å². The van der Waals surface area contributed by atoms with Gasteiger partial charge in [0, 0.05) is 39.6 Å². The third-order valence-electron chi connectivity index (χ3n) is 7.86. The maximum absolute atomic E-state index is 15.6. The molecule has 44 heavy (non-hydrogen) atoms. The van der Waals surface area contributed by atoms with E-state index in [0.717, 1.165) is 0 Å². The van der Waals surface area contributed by atoms with Crippen LogP contribution < -0.4 is 4.74 Å². The van der Waals surface area contributed by atoms with Gasteiger partial charge in [-0.25, -0.2) is 27.9 Å². The molecule has 0 bridgehead atoms. The van der Waals surface area contributed by atoms with Crippen LogP contribution in [0.2, 0.25) is 5.02 Å². The Balaban J connectivity index is 1.31. The number of carboxylic acids is 1. The van der Waals surface area contributed by atoms with Crippen molar-refractivity contribution in [3.63, 3.8) is 0 Å². The van der Waals surface area contributed by atoms with Crippen LogP contribution in [0.5, 0.6) is 5.88 Å². The molecule has 1 atom stereocenters. The SMILES string of the molecule is CC1(C)COC[C@H]1n1c(Cc2c(F)cc(-c3cccc(OCc4ccc(Cl)cc4F)n3)cc2F)nc2ccc(C(=O)O)cc21. The number of hydrogen-bond acceptors (Lipinski definition) is 5. The summed E-state index contributed by atoms with van der Waals surface area (Å²) in [6.07, 6.45) is -0.176. The number of imidazole rings is 1. The average molecular weight is 622 g/mol. The van der Waals surface area contributed by atoms with Crippen LogP contribution in [0.15, 0.2) is 66.7 Å². The number of ether oxygens (including phenoxy) is 2. The lowest BCUT2D eigenvalue weighted by molar-refractivity contribution is 0.0697. The molecule has 7 nitrogen and oxygen atoms in total. The van der Waals surface area contributed by atoms with Crippen LogP contribution in [0.25, 0.3) is 22.3 Å². The number of rotatable bonds is 8. The minimum atomic E-state index is -1.09. The predicted octanol–water partition coefficient (Wildman–Crippen LogP) is 7.63. The minimum absolute atomic E-state index is 0.0839. The highest BCUT2D eigenvalue weighted by atomic mass is 35.5. The number of carboxylic acid groups (broad SMARTS) is 1. The molecule has 1 fully saturated rings. The molecule has 0 spiro atoms. The first-order chi connectivity index (χ1) is 21.0. The summed E-state index contributed by atoms with van der Waals surface area (Å²) in [5, 5.41) is 9.84. The van der Waals surface area contributed by atoms with Crippen molar-refractivity contribution in [2.24, 2.45) is 5.41 Å². The highest BCUT2D eigenvalue weighted by Crippen LogP contribution is 2.40. The van der Waals surface area contributed by atoms with Gasteiger partial charge in [-0.15, -0.1) is 0 Å². The lowest BCUT2D eigenvalue weighted by Gasteiger charge is -2.28. The second kappa shape index (κ2) is 11.6. The van der Waals surface area contributed by atoms with Crippen LogP contribution in [0, 0.1) is 22.9 Å². The number of hydrogen-bond donors (Lipinski definition) is 1. The Hall–Kier alpha value is -4.41. The van der Waals surface area contributed by atoms with Crippen molar-refractivity contribution in [3.05, 3.63) is 112 Å². The Morgan fingerprint density at radius 3 is 2.50 bits per heavy atom. The van der Waals surface area contributed by atoms with Gasteiger partial charge in [-0.3, -0.25) is 0 Å². The number of benzene rings is 3. The van der Waals surface area contributed by atoms with E-state index >= 15 is 8.78 Å². The number of aromatic nitrogens is 3. The maximum atomic E-state index is 15.6. The fraction of sp³-hybridized carbons (Fsp3) is 0.242. The molecule has 0 unspecified atom stereocenters. The molecule has 3 aromatic carbocycles. The molecule has 2 aromatic heterocycles. The summed E-state index contributed by atoms with van der Waals surface area (Å²) in [5.74, 6) is -2.65. The van der Waals surface area contributed by atoms with Crippen LogP contribution in [0.3, 0.4) is 0 Å². The van der Waals surface area contributed by atoms with E-state index in [1.807, 2.05) is 18.4 Å². The summed E-state index contributed by atoms with van der Waals surface area (Å²) >= 11 is 5.80. The van der Waals surface area contributed by atoms with Crippen LogP contribution in [0.4, 0.5) is 13.2 Å². The number of pyridine rings is 1. The van der Waals surface area contributed by atoms with Crippen LogP contribution in [-0.2, 0) is 17.8 Å². The van der Waals surface area contributed by atoms with Gasteiger partial charge in [0.1, 0.15) is 29.9 Å². The molecule has 0 amide bonds. The molecule has 1 N–H and O–H groups in total. The molecule has 1 aliphatic heterocycles. The smallest absolute Gasteiger partial charge is 0.335 e. The minimum Gasteiger partial charge on any atom is -0.478 e. The van der Waals surface area contributed by atoms with E-state index in [9.17, 15) is 14.3 Å². The van der Waals surface area contributed by atoms with E-state index in [2.05, 4.69) is 9.97 Å². The molecular weight excluding hydrogens is 595 g/mol. The second-order valence-corrected chi connectivity index (χ2v) is 11.8. The predicted molar refractivity (Wildman–Crippen MR) is 158 cm³/mol. The molecule has 1 saturated heterocycles. The zero-order valence-electron chi connectivity index (χ0n) is 23.8. The van der Waals surface area contributed by atoms with Crippen LogP contribution >= 0.6 is 11.6 Å². The number of nitrogens with zero attached hydrogens (tertiary/aromatic N) is 3. The third-order valence-corrected chi connectivity index (χ3v) is 8.09. The summed E-state index contributed by atoms with van der Waals surface area (Å²) in [6.45, 7) is 4.75. The highest BCUT2D eigenvalue weighted by Gasteiger charge is 2.39. The molecule has 5 aromatic rings. The van der Waals surface area contributed by atoms with Gasteiger partial charge in [-0.2, -0.15) is 0 Å². The van der Waals surface area contributed by atoms with Gasteiger partial charge in [0.05, 0.1) is 41.5 Å². The van der Waals surface area contributed by atoms with Crippen molar-refractivity contribution in [2.45, 2.75) is 32.9 Å². The van der Waals surface area contributed by atoms with Gasteiger partial charge in [0.2, 0.25) is 5.88 Å². The van der Waals surface area contributed by atoms with Gasteiger partial charge in [0.25, 0.3) is 0 Å². The molecule has 6 rings (SSSR count). The Morgan fingerprint density at radius 2 is 1.82 bits per heavy atom. The molecule has 1 aliphatic rings. The Morgan fingerprint density at radius 1 is 1.05 bits per heavy atom. The number of carbonyl (C=O) groups is 1. The van der Waals surface area contributed by atoms with Crippen molar-refractivity contribution in [1.29, 1.82) is 0 Å². The first kappa shape index (κ1) is 29.7. The second-order valence-electron chi connectivity index (χ2n) is 11.4. The average Bonchev–Trinajstić information content (AvgIpc) is 3.51. The van der Waals surface area contributed by atoms with E-state index in [1.54, 1.807) is 30.3 Å². The van der Waals surface area contributed by atoms with Gasteiger partial charge < -0.3 is 19.1 Å². The van der Waals surface area contributed by atoms with Gasteiger partial charge in [0.15, 0.2) is 0 Å². The van der Waals surface area contributed by atoms with Gasteiger partial charge in [-0.1, -0.05) is 37.6 Å². The molecule has 0 saturated carbocycles. The van der Waals surface area contributed by atoms with Crippen molar-refractivity contribution in [1.82, 2.24) is 14.5 Å². The Bertz CT molecular complexity index is 1890. The number of aromatic carboxylic acids is 1. The van der Waals surface area contributed by atoms with E-state index < -0.39 is 23.4 Å². The molecule has 0 aliphatic carbocycles.